The Balaban J connectivity index is 1.19. The van der Waals surface area contributed by atoms with Crippen LogP contribution in [0.2, 0.25) is 0 Å². The SMILES string of the molecule is c1cc(-c2cc3ccccc3c3ccccc23)cc(-c2c(-c3cccc(-c4cc5ccccc5c5ccccc45)c3)c3ccccc3c3ccccc23)c1. The van der Waals surface area contributed by atoms with Crippen LogP contribution in [-0.2, 0) is 0 Å². The molecule has 0 bridgehead atoms. The highest BCUT2D eigenvalue weighted by Crippen LogP contribution is 2.47. The molecule has 0 aliphatic carbocycles. The van der Waals surface area contributed by atoms with Crippen molar-refractivity contribution in [1.82, 2.24) is 0 Å². The molecule has 11 aromatic carbocycles. The first-order valence-corrected chi connectivity index (χ1v) is 18.8. The summed E-state index contributed by atoms with van der Waals surface area (Å²) in [6, 6.07) is 76.2. The molecule has 54 heavy (non-hydrogen) atoms. The molecule has 0 atom stereocenters. The molecule has 0 spiro atoms. The Morgan fingerprint density at radius 1 is 0.185 bits per heavy atom. The normalized spacial score (nSPS) is 11.7. The zero-order chi connectivity index (χ0) is 35.6. The van der Waals surface area contributed by atoms with E-state index >= 15 is 0 Å². The van der Waals surface area contributed by atoms with E-state index in [0.717, 1.165) is 0 Å². The van der Waals surface area contributed by atoms with Crippen molar-refractivity contribution < 1.29 is 0 Å². The van der Waals surface area contributed by atoms with Crippen LogP contribution in [0, 0.1) is 0 Å². The maximum absolute atomic E-state index is 2.41. The van der Waals surface area contributed by atoms with Gasteiger partial charge in [-0.1, -0.05) is 182 Å². The highest BCUT2D eigenvalue weighted by atomic mass is 14.2. The Bertz CT molecular complexity index is 3050. The van der Waals surface area contributed by atoms with Crippen molar-refractivity contribution in [2.45, 2.75) is 0 Å². The van der Waals surface area contributed by atoms with E-state index in [1.54, 1.807) is 0 Å². The lowest BCUT2D eigenvalue weighted by molar-refractivity contribution is 1.61. The predicted octanol–water partition coefficient (Wildman–Crippen LogP) is 15.3. The van der Waals surface area contributed by atoms with Crippen molar-refractivity contribution in [3.63, 3.8) is 0 Å². The molecular weight excluding hydrogens is 649 g/mol. The Hall–Kier alpha value is -7.02. The highest BCUT2D eigenvalue weighted by Gasteiger charge is 2.19. The maximum Gasteiger partial charge on any atom is -0.00201 e. The monoisotopic (exact) mass is 682 g/mol. The fourth-order valence-electron chi connectivity index (χ4n) is 9.01. The molecule has 250 valence electrons. The number of hydrogen-bond acceptors (Lipinski definition) is 0. The topological polar surface area (TPSA) is 0 Å². The molecule has 0 saturated heterocycles. The van der Waals surface area contributed by atoms with Crippen molar-refractivity contribution in [1.29, 1.82) is 0 Å². The molecule has 0 aliphatic heterocycles. The van der Waals surface area contributed by atoms with Gasteiger partial charge in [0.25, 0.3) is 0 Å². The second-order valence-electron chi connectivity index (χ2n) is 14.4. The average Bonchev–Trinajstić information content (AvgIpc) is 3.25. The molecule has 0 fully saturated rings. The van der Waals surface area contributed by atoms with E-state index in [0.29, 0.717) is 0 Å². The van der Waals surface area contributed by atoms with E-state index in [9.17, 15) is 0 Å². The van der Waals surface area contributed by atoms with Gasteiger partial charge in [0.15, 0.2) is 0 Å². The van der Waals surface area contributed by atoms with Gasteiger partial charge in [0.2, 0.25) is 0 Å². The summed E-state index contributed by atoms with van der Waals surface area (Å²) in [4.78, 5) is 0. The van der Waals surface area contributed by atoms with Gasteiger partial charge in [-0.05, 0) is 133 Å². The Morgan fingerprint density at radius 2 is 0.481 bits per heavy atom. The third-order valence-electron chi connectivity index (χ3n) is 11.4. The first-order valence-electron chi connectivity index (χ1n) is 18.8. The Morgan fingerprint density at radius 3 is 0.889 bits per heavy atom. The van der Waals surface area contributed by atoms with Crippen LogP contribution in [0.25, 0.3) is 109 Å². The molecule has 11 rings (SSSR count). The zero-order valence-electron chi connectivity index (χ0n) is 29.6. The van der Waals surface area contributed by atoms with Crippen LogP contribution in [0.3, 0.4) is 0 Å². The first-order chi connectivity index (χ1) is 26.8. The van der Waals surface area contributed by atoms with Gasteiger partial charge in [0, 0.05) is 0 Å². The molecule has 0 aromatic heterocycles. The van der Waals surface area contributed by atoms with Gasteiger partial charge < -0.3 is 0 Å². The molecule has 0 aliphatic rings. The summed E-state index contributed by atoms with van der Waals surface area (Å²) >= 11 is 0. The molecular formula is C54H34. The third-order valence-corrected chi connectivity index (χ3v) is 11.4. The zero-order valence-corrected chi connectivity index (χ0v) is 29.6. The minimum atomic E-state index is 1.21. The van der Waals surface area contributed by atoms with Crippen LogP contribution >= 0.6 is 0 Å². The average molecular weight is 683 g/mol. The number of hydrogen-bond donors (Lipinski definition) is 0. The van der Waals surface area contributed by atoms with Crippen LogP contribution in [-0.4, -0.2) is 0 Å². The van der Waals surface area contributed by atoms with E-state index in [4.69, 9.17) is 0 Å². The molecule has 0 nitrogen and oxygen atoms in total. The van der Waals surface area contributed by atoms with Crippen LogP contribution in [0.4, 0.5) is 0 Å². The van der Waals surface area contributed by atoms with Crippen LogP contribution in [0.5, 0.6) is 0 Å². The van der Waals surface area contributed by atoms with Gasteiger partial charge >= 0.3 is 0 Å². The van der Waals surface area contributed by atoms with E-state index in [2.05, 4.69) is 206 Å². The lowest BCUT2D eigenvalue weighted by Crippen LogP contribution is -1.93. The second kappa shape index (κ2) is 12.3. The van der Waals surface area contributed by atoms with Gasteiger partial charge in [-0.15, -0.1) is 0 Å². The summed E-state index contributed by atoms with van der Waals surface area (Å²) in [6.45, 7) is 0. The molecule has 11 aromatic rings. The molecule has 0 radical (unpaired) electrons. The minimum Gasteiger partial charge on any atom is -0.0616 e. The summed E-state index contributed by atoms with van der Waals surface area (Å²) in [7, 11) is 0. The quantitative estimate of drug-likeness (QED) is 0.162. The van der Waals surface area contributed by atoms with Crippen molar-refractivity contribution in [3.8, 4) is 44.5 Å². The summed E-state index contributed by atoms with van der Waals surface area (Å²) in [5.41, 5.74) is 9.88. The molecule has 0 heterocycles. The lowest BCUT2D eigenvalue weighted by atomic mass is 9.83. The van der Waals surface area contributed by atoms with Gasteiger partial charge in [-0.3, -0.25) is 0 Å². The smallest absolute Gasteiger partial charge is 0.00201 e. The van der Waals surface area contributed by atoms with Gasteiger partial charge in [0.05, 0.1) is 0 Å². The molecule has 0 saturated carbocycles. The first kappa shape index (κ1) is 30.6. The van der Waals surface area contributed by atoms with Gasteiger partial charge in [-0.25, -0.2) is 0 Å². The third kappa shape index (κ3) is 4.78. The highest BCUT2D eigenvalue weighted by molar-refractivity contribution is 6.22. The van der Waals surface area contributed by atoms with Crippen LogP contribution in [0.1, 0.15) is 0 Å². The van der Waals surface area contributed by atoms with Crippen molar-refractivity contribution >= 4 is 64.6 Å². The van der Waals surface area contributed by atoms with Gasteiger partial charge in [-0.2, -0.15) is 0 Å². The standard InChI is InChI=1S/C54H34/c1-3-21-41-37(15-1)33-51(47-27-7-5-23-43(41)47)35-17-13-19-39(31-35)53-49-29-11-9-25-45(49)46-26-10-12-30-50(46)54(53)40-20-14-18-36(32-40)52-34-38-16-2-4-22-42(38)44-24-6-8-28-48(44)52/h1-34H. The summed E-state index contributed by atoms with van der Waals surface area (Å²) < 4.78 is 0. The van der Waals surface area contributed by atoms with Crippen molar-refractivity contribution in [2.75, 3.05) is 0 Å². The van der Waals surface area contributed by atoms with E-state index in [-0.39, 0.29) is 0 Å². The van der Waals surface area contributed by atoms with Crippen molar-refractivity contribution in [2.24, 2.45) is 0 Å². The van der Waals surface area contributed by atoms with Gasteiger partial charge in [0.1, 0.15) is 0 Å². The van der Waals surface area contributed by atoms with Crippen molar-refractivity contribution in [3.05, 3.63) is 206 Å². The molecule has 0 heteroatoms. The molecule has 0 amide bonds. The van der Waals surface area contributed by atoms with E-state index in [1.165, 1.54) is 109 Å². The predicted molar refractivity (Wildman–Crippen MR) is 233 cm³/mol. The molecule has 0 N–H and O–H groups in total. The summed E-state index contributed by atoms with van der Waals surface area (Å²) in [6.07, 6.45) is 0. The number of rotatable bonds is 4. The number of fused-ring (bicyclic) bond motifs is 9. The Kier molecular flexibility index (Phi) is 6.97. The van der Waals surface area contributed by atoms with E-state index < -0.39 is 0 Å². The second-order valence-corrected chi connectivity index (χ2v) is 14.4. The fraction of sp³-hybridized carbons (Fsp3) is 0. The summed E-state index contributed by atoms with van der Waals surface area (Å²) in [5, 5.41) is 15.2. The van der Waals surface area contributed by atoms with E-state index in [1.807, 2.05) is 0 Å². The van der Waals surface area contributed by atoms with Crippen LogP contribution < -0.4 is 0 Å². The largest absolute Gasteiger partial charge is 0.0616 e. The summed E-state index contributed by atoms with van der Waals surface area (Å²) in [5.74, 6) is 0. The van der Waals surface area contributed by atoms with Crippen LogP contribution in [0.15, 0.2) is 206 Å². The molecule has 0 unspecified atom stereocenters. The minimum absolute atomic E-state index is 1.21. The fourth-order valence-corrected chi connectivity index (χ4v) is 9.01. The Labute approximate surface area is 314 Å². The number of benzene rings is 11. The lowest BCUT2D eigenvalue weighted by Gasteiger charge is -2.20. The maximum atomic E-state index is 2.41.